The van der Waals surface area contributed by atoms with Gasteiger partial charge >= 0.3 is 0 Å². The minimum atomic E-state index is 0.232. The van der Waals surface area contributed by atoms with Gasteiger partial charge in [0.05, 0.1) is 5.75 Å². The van der Waals surface area contributed by atoms with E-state index in [1.807, 2.05) is 35.2 Å². The Morgan fingerprint density at radius 1 is 1.00 bits per heavy atom. The van der Waals surface area contributed by atoms with Gasteiger partial charge in [-0.05, 0) is 31.2 Å². The number of piperazine rings is 1. The summed E-state index contributed by atoms with van der Waals surface area (Å²) in [7, 11) is 0. The lowest BCUT2D eigenvalue weighted by Gasteiger charge is -2.34. The zero-order chi connectivity index (χ0) is 18.2. The zero-order valence-corrected chi connectivity index (χ0v) is 16.1. The van der Waals surface area contributed by atoms with Crippen LogP contribution in [0.4, 0.5) is 0 Å². The number of carbonyl (C=O) groups is 1. The summed E-state index contributed by atoms with van der Waals surface area (Å²) in [5, 5.41) is 0. The number of para-hydroxylation sites is 1. The van der Waals surface area contributed by atoms with Gasteiger partial charge in [0, 0.05) is 37.6 Å². The molecule has 0 aromatic heterocycles. The molecule has 1 fully saturated rings. The second-order valence-corrected chi connectivity index (χ2v) is 7.53. The van der Waals surface area contributed by atoms with E-state index in [0.29, 0.717) is 12.4 Å². The summed E-state index contributed by atoms with van der Waals surface area (Å²) in [6, 6.07) is 18.2. The van der Waals surface area contributed by atoms with Crippen LogP contribution in [0.1, 0.15) is 5.56 Å². The maximum Gasteiger partial charge on any atom is 0.233 e. The summed E-state index contributed by atoms with van der Waals surface area (Å²) >= 11 is 1.62. The Hall–Kier alpha value is -1.98. The highest BCUT2D eigenvalue weighted by molar-refractivity contribution is 8.00. The molecule has 1 amide bonds. The van der Waals surface area contributed by atoms with E-state index in [-0.39, 0.29) is 5.91 Å². The van der Waals surface area contributed by atoms with Gasteiger partial charge in [-0.2, -0.15) is 0 Å². The van der Waals surface area contributed by atoms with Gasteiger partial charge in [0.15, 0.2) is 0 Å². The predicted octanol–water partition coefficient (Wildman–Crippen LogP) is 3.31. The Labute approximate surface area is 160 Å². The van der Waals surface area contributed by atoms with E-state index in [1.54, 1.807) is 11.8 Å². The van der Waals surface area contributed by atoms with E-state index in [4.69, 9.17) is 4.74 Å². The second kappa shape index (κ2) is 9.64. The third-order valence-corrected chi connectivity index (χ3v) is 5.52. The van der Waals surface area contributed by atoms with Gasteiger partial charge in [0.1, 0.15) is 12.4 Å². The van der Waals surface area contributed by atoms with Crippen molar-refractivity contribution in [2.24, 2.45) is 0 Å². The summed E-state index contributed by atoms with van der Waals surface area (Å²) in [5.41, 5.74) is 1.24. The summed E-state index contributed by atoms with van der Waals surface area (Å²) in [5.74, 6) is 1.66. The Kier molecular flexibility index (Phi) is 6.97. The number of thioether (sulfide) groups is 1. The molecule has 138 valence electrons. The molecule has 4 nitrogen and oxygen atoms in total. The molecule has 2 aromatic rings. The zero-order valence-electron chi connectivity index (χ0n) is 15.3. The molecule has 0 radical (unpaired) electrons. The van der Waals surface area contributed by atoms with Crippen molar-refractivity contribution in [3.63, 3.8) is 0 Å². The maximum atomic E-state index is 12.4. The molecule has 2 aromatic carbocycles. The van der Waals surface area contributed by atoms with Crippen molar-refractivity contribution in [3.8, 4) is 5.75 Å². The molecule has 1 saturated heterocycles. The molecule has 0 saturated carbocycles. The number of nitrogens with zero attached hydrogens (tertiary/aromatic N) is 2. The van der Waals surface area contributed by atoms with Crippen LogP contribution in [0.3, 0.4) is 0 Å². The Morgan fingerprint density at radius 2 is 1.69 bits per heavy atom. The fourth-order valence-electron chi connectivity index (χ4n) is 2.90. The molecule has 0 spiro atoms. The van der Waals surface area contributed by atoms with Crippen LogP contribution in [0.2, 0.25) is 0 Å². The molecule has 5 heteroatoms. The molecule has 0 N–H and O–H groups in total. The standard InChI is InChI=1S/C21H26N2O2S/c1-18-7-9-20(10-8-18)26-17-21(24)23-13-11-22(12-14-23)15-16-25-19-5-3-2-4-6-19/h2-10H,11-17H2,1H3. The van der Waals surface area contributed by atoms with Crippen molar-refractivity contribution in [3.05, 3.63) is 60.2 Å². The third-order valence-electron chi connectivity index (χ3n) is 4.53. The van der Waals surface area contributed by atoms with Gasteiger partial charge in [-0.25, -0.2) is 0 Å². The minimum Gasteiger partial charge on any atom is -0.492 e. The molecule has 1 aliphatic rings. The molecular formula is C21H26N2O2S. The number of hydrogen-bond acceptors (Lipinski definition) is 4. The topological polar surface area (TPSA) is 32.8 Å². The van der Waals surface area contributed by atoms with Gasteiger partial charge in [-0.3, -0.25) is 9.69 Å². The average Bonchev–Trinajstić information content (AvgIpc) is 2.69. The lowest BCUT2D eigenvalue weighted by Crippen LogP contribution is -2.50. The monoisotopic (exact) mass is 370 g/mol. The maximum absolute atomic E-state index is 12.4. The van der Waals surface area contributed by atoms with Gasteiger partial charge in [-0.1, -0.05) is 35.9 Å². The number of carbonyl (C=O) groups excluding carboxylic acids is 1. The summed E-state index contributed by atoms with van der Waals surface area (Å²) in [4.78, 5) is 17.9. The molecular weight excluding hydrogens is 344 g/mol. The summed E-state index contributed by atoms with van der Waals surface area (Å²) in [6.07, 6.45) is 0. The van der Waals surface area contributed by atoms with Gasteiger partial charge < -0.3 is 9.64 Å². The highest BCUT2D eigenvalue weighted by Crippen LogP contribution is 2.19. The fraction of sp³-hybridized carbons (Fsp3) is 0.381. The average molecular weight is 371 g/mol. The first kappa shape index (κ1) is 18.8. The lowest BCUT2D eigenvalue weighted by atomic mass is 10.2. The van der Waals surface area contributed by atoms with Crippen LogP contribution in [0.25, 0.3) is 0 Å². The van der Waals surface area contributed by atoms with Crippen LogP contribution < -0.4 is 4.74 Å². The van der Waals surface area contributed by atoms with E-state index in [9.17, 15) is 4.79 Å². The molecule has 26 heavy (non-hydrogen) atoms. The smallest absolute Gasteiger partial charge is 0.233 e. The van der Waals surface area contributed by atoms with Gasteiger partial charge in [-0.15, -0.1) is 11.8 Å². The van der Waals surface area contributed by atoms with Crippen LogP contribution in [0.5, 0.6) is 5.75 Å². The van der Waals surface area contributed by atoms with Crippen LogP contribution in [-0.2, 0) is 4.79 Å². The van der Waals surface area contributed by atoms with E-state index in [0.717, 1.165) is 43.4 Å². The highest BCUT2D eigenvalue weighted by atomic mass is 32.2. The van der Waals surface area contributed by atoms with E-state index >= 15 is 0 Å². The van der Waals surface area contributed by atoms with E-state index in [1.165, 1.54) is 5.56 Å². The van der Waals surface area contributed by atoms with Crippen LogP contribution >= 0.6 is 11.8 Å². The summed E-state index contributed by atoms with van der Waals surface area (Å²) in [6.45, 7) is 7.09. The number of ether oxygens (including phenoxy) is 1. The van der Waals surface area contributed by atoms with Crippen molar-refractivity contribution in [1.82, 2.24) is 9.80 Å². The number of hydrogen-bond donors (Lipinski definition) is 0. The van der Waals surface area contributed by atoms with Crippen molar-refractivity contribution in [2.45, 2.75) is 11.8 Å². The molecule has 1 heterocycles. The number of aryl methyl sites for hydroxylation is 1. The Balaban J connectivity index is 1.33. The summed E-state index contributed by atoms with van der Waals surface area (Å²) < 4.78 is 5.75. The molecule has 3 rings (SSSR count). The number of benzene rings is 2. The Morgan fingerprint density at radius 3 is 2.38 bits per heavy atom. The number of amides is 1. The van der Waals surface area contributed by atoms with Crippen molar-refractivity contribution in [2.75, 3.05) is 45.1 Å². The number of rotatable bonds is 7. The second-order valence-electron chi connectivity index (χ2n) is 6.49. The SMILES string of the molecule is Cc1ccc(SCC(=O)N2CCN(CCOc3ccccc3)CC2)cc1. The molecule has 0 unspecified atom stereocenters. The van der Waals surface area contributed by atoms with Crippen molar-refractivity contribution >= 4 is 17.7 Å². The first-order chi connectivity index (χ1) is 12.7. The predicted molar refractivity (Wildman–Crippen MR) is 107 cm³/mol. The van der Waals surface area contributed by atoms with Crippen LogP contribution in [-0.4, -0.2) is 60.8 Å². The highest BCUT2D eigenvalue weighted by Gasteiger charge is 2.20. The largest absolute Gasteiger partial charge is 0.492 e. The molecule has 0 aliphatic carbocycles. The van der Waals surface area contributed by atoms with Crippen molar-refractivity contribution in [1.29, 1.82) is 0 Å². The quantitative estimate of drug-likeness (QED) is 0.700. The van der Waals surface area contributed by atoms with Gasteiger partial charge in [0.2, 0.25) is 5.91 Å². The van der Waals surface area contributed by atoms with Crippen LogP contribution in [0, 0.1) is 6.92 Å². The Bertz CT molecular complexity index is 683. The van der Waals surface area contributed by atoms with Crippen molar-refractivity contribution < 1.29 is 9.53 Å². The van der Waals surface area contributed by atoms with E-state index < -0.39 is 0 Å². The third kappa shape index (κ3) is 5.78. The van der Waals surface area contributed by atoms with E-state index in [2.05, 4.69) is 36.1 Å². The normalized spacial score (nSPS) is 15.0. The molecule has 0 atom stereocenters. The van der Waals surface area contributed by atoms with Gasteiger partial charge in [0.25, 0.3) is 0 Å². The van der Waals surface area contributed by atoms with Crippen LogP contribution in [0.15, 0.2) is 59.5 Å². The lowest BCUT2D eigenvalue weighted by molar-refractivity contribution is -0.130. The molecule has 0 bridgehead atoms. The first-order valence-corrected chi connectivity index (χ1v) is 10.1. The minimum absolute atomic E-state index is 0.232. The first-order valence-electron chi connectivity index (χ1n) is 9.08. The molecule has 1 aliphatic heterocycles. The fourth-order valence-corrected chi connectivity index (χ4v) is 3.70.